The number of benzene rings is 1. The van der Waals surface area contributed by atoms with Crippen molar-refractivity contribution < 1.29 is 19.7 Å². The third-order valence-corrected chi connectivity index (χ3v) is 2.30. The Hall–Kier alpha value is -1.71. The van der Waals surface area contributed by atoms with Crippen LogP contribution >= 0.6 is 0 Å². The van der Waals surface area contributed by atoms with Crippen LogP contribution in [-0.4, -0.2) is 16.2 Å². The van der Waals surface area contributed by atoms with Crippen LogP contribution in [0.5, 0.6) is 17.2 Å². The van der Waals surface area contributed by atoms with Crippen LogP contribution in [0.1, 0.15) is 37.8 Å². The summed E-state index contributed by atoms with van der Waals surface area (Å²) < 4.78 is 5.01. The van der Waals surface area contributed by atoms with Gasteiger partial charge in [0.1, 0.15) is 5.75 Å². The fourth-order valence-electron chi connectivity index (χ4n) is 1.57. The van der Waals surface area contributed by atoms with E-state index in [1.165, 1.54) is 6.92 Å². The lowest BCUT2D eigenvalue weighted by Gasteiger charge is -2.16. The van der Waals surface area contributed by atoms with Crippen LogP contribution in [-0.2, 0) is 4.79 Å². The van der Waals surface area contributed by atoms with Crippen molar-refractivity contribution in [2.75, 3.05) is 0 Å². The maximum absolute atomic E-state index is 10.9. The highest BCUT2D eigenvalue weighted by Crippen LogP contribution is 2.42. The zero-order chi connectivity index (χ0) is 12.5. The molecule has 0 heterocycles. The Kier molecular flexibility index (Phi) is 3.42. The number of aromatic hydroxyl groups is 2. The van der Waals surface area contributed by atoms with Crippen LogP contribution in [0.25, 0.3) is 0 Å². The molecule has 4 heteroatoms. The molecule has 2 N–H and O–H groups in total. The zero-order valence-electron chi connectivity index (χ0n) is 9.87. The van der Waals surface area contributed by atoms with Gasteiger partial charge in [0, 0.05) is 12.5 Å². The molecule has 1 aromatic carbocycles. The molecule has 0 fully saturated rings. The number of carbonyl (C=O) groups is 1. The van der Waals surface area contributed by atoms with E-state index >= 15 is 0 Å². The fourth-order valence-corrected chi connectivity index (χ4v) is 1.57. The second kappa shape index (κ2) is 4.43. The molecule has 0 saturated heterocycles. The molecular formula is C12H16O4. The van der Waals surface area contributed by atoms with Gasteiger partial charge < -0.3 is 14.9 Å². The summed E-state index contributed by atoms with van der Waals surface area (Å²) in [5, 5.41) is 19.4. The molecule has 0 aliphatic rings. The minimum Gasteiger partial charge on any atom is -0.504 e. The number of aryl methyl sites for hydroxylation is 1. The third kappa shape index (κ3) is 2.27. The topological polar surface area (TPSA) is 66.8 Å². The summed E-state index contributed by atoms with van der Waals surface area (Å²) >= 11 is 0. The van der Waals surface area contributed by atoms with Crippen LogP contribution < -0.4 is 4.74 Å². The van der Waals surface area contributed by atoms with Crippen molar-refractivity contribution in [3.05, 3.63) is 17.2 Å². The molecule has 0 bridgehead atoms. The number of phenols is 2. The standard InChI is InChI=1S/C12H16O4/c1-6(2)10-9(16-8(4)13)5-7(3)11(14)12(10)15/h5-6,14-15H,1-4H3. The van der Waals surface area contributed by atoms with Crippen LogP contribution in [0.15, 0.2) is 6.07 Å². The van der Waals surface area contributed by atoms with E-state index in [0.29, 0.717) is 16.9 Å². The number of carbonyl (C=O) groups excluding carboxylic acids is 1. The predicted molar refractivity (Wildman–Crippen MR) is 59.9 cm³/mol. The number of esters is 1. The van der Waals surface area contributed by atoms with E-state index in [1.54, 1.807) is 13.0 Å². The molecule has 0 amide bonds. The lowest BCUT2D eigenvalue weighted by molar-refractivity contribution is -0.131. The summed E-state index contributed by atoms with van der Waals surface area (Å²) in [6.45, 7) is 6.61. The zero-order valence-corrected chi connectivity index (χ0v) is 9.87. The van der Waals surface area contributed by atoms with E-state index in [2.05, 4.69) is 0 Å². The predicted octanol–water partition coefficient (Wildman–Crippen LogP) is 2.45. The average Bonchev–Trinajstić information content (AvgIpc) is 2.12. The first-order chi connectivity index (χ1) is 7.34. The fraction of sp³-hybridized carbons (Fsp3) is 0.417. The van der Waals surface area contributed by atoms with Gasteiger partial charge in [0.05, 0.1) is 0 Å². The highest BCUT2D eigenvalue weighted by molar-refractivity contribution is 5.71. The van der Waals surface area contributed by atoms with Gasteiger partial charge in [-0.2, -0.15) is 0 Å². The lowest BCUT2D eigenvalue weighted by atomic mass is 9.98. The van der Waals surface area contributed by atoms with Crippen LogP contribution in [0.3, 0.4) is 0 Å². The lowest BCUT2D eigenvalue weighted by Crippen LogP contribution is -2.05. The largest absolute Gasteiger partial charge is 0.504 e. The Labute approximate surface area is 94.5 Å². The number of ether oxygens (including phenoxy) is 1. The SMILES string of the molecule is CC(=O)Oc1cc(C)c(O)c(O)c1C(C)C. The summed E-state index contributed by atoms with van der Waals surface area (Å²) in [5.41, 5.74) is 0.913. The normalized spacial score (nSPS) is 10.6. The molecule has 0 aliphatic carbocycles. The van der Waals surface area contributed by atoms with Crippen molar-refractivity contribution in [3.63, 3.8) is 0 Å². The van der Waals surface area contributed by atoms with Crippen molar-refractivity contribution in [2.24, 2.45) is 0 Å². The smallest absolute Gasteiger partial charge is 0.308 e. The summed E-state index contributed by atoms with van der Waals surface area (Å²) in [4.78, 5) is 10.9. The Morgan fingerprint density at radius 2 is 1.88 bits per heavy atom. The first-order valence-corrected chi connectivity index (χ1v) is 5.08. The Balaban J connectivity index is 3.40. The Morgan fingerprint density at radius 3 is 2.31 bits per heavy atom. The molecule has 1 aromatic rings. The van der Waals surface area contributed by atoms with Crippen LogP contribution in [0.2, 0.25) is 0 Å². The molecule has 0 saturated carbocycles. The first-order valence-electron chi connectivity index (χ1n) is 5.08. The highest BCUT2D eigenvalue weighted by Gasteiger charge is 2.19. The molecular weight excluding hydrogens is 208 g/mol. The molecule has 16 heavy (non-hydrogen) atoms. The summed E-state index contributed by atoms with van der Waals surface area (Å²) in [6, 6.07) is 1.55. The van der Waals surface area contributed by atoms with E-state index in [4.69, 9.17) is 4.74 Å². The second-order valence-corrected chi connectivity index (χ2v) is 4.05. The van der Waals surface area contributed by atoms with Crippen molar-refractivity contribution in [1.29, 1.82) is 0 Å². The van der Waals surface area contributed by atoms with Gasteiger partial charge in [-0.15, -0.1) is 0 Å². The van der Waals surface area contributed by atoms with Crippen molar-refractivity contribution in [1.82, 2.24) is 0 Å². The van der Waals surface area contributed by atoms with Gasteiger partial charge in [-0.25, -0.2) is 0 Å². The molecule has 0 spiro atoms. The third-order valence-electron chi connectivity index (χ3n) is 2.30. The van der Waals surface area contributed by atoms with Crippen molar-refractivity contribution in [2.45, 2.75) is 33.6 Å². The van der Waals surface area contributed by atoms with Gasteiger partial charge in [-0.05, 0) is 24.5 Å². The quantitative estimate of drug-likeness (QED) is 0.460. The monoisotopic (exact) mass is 224 g/mol. The van der Waals surface area contributed by atoms with E-state index in [1.807, 2.05) is 13.8 Å². The van der Waals surface area contributed by atoms with Gasteiger partial charge in [-0.3, -0.25) is 4.79 Å². The highest BCUT2D eigenvalue weighted by atomic mass is 16.5. The molecule has 4 nitrogen and oxygen atoms in total. The summed E-state index contributed by atoms with van der Waals surface area (Å²) in [7, 11) is 0. The van der Waals surface area contributed by atoms with E-state index in [-0.39, 0.29) is 17.4 Å². The molecule has 0 aromatic heterocycles. The summed E-state index contributed by atoms with van der Waals surface area (Å²) in [5.74, 6) is -0.589. The molecule has 1 rings (SSSR count). The molecule has 0 unspecified atom stereocenters. The second-order valence-electron chi connectivity index (χ2n) is 4.05. The van der Waals surface area contributed by atoms with E-state index < -0.39 is 5.97 Å². The average molecular weight is 224 g/mol. The van der Waals surface area contributed by atoms with Gasteiger partial charge >= 0.3 is 5.97 Å². The van der Waals surface area contributed by atoms with Crippen molar-refractivity contribution >= 4 is 5.97 Å². The molecule has 0 radical (unpaired) electrons. The first kappa shape index (κ1) is 12.4. The molecule has 88 valence electrons. The molecule has 0 atom stereocenters. The number of hydrogen-bond donors (Lipinski definition) is 2. The van der Waals surface area contributed by atoms with Crippen molar-refractivity contribution in [3.8, 4) is 17.2 Å². The number of hydrogen-bond acceptors (Lipinski definition) is 4. The maximum Gasteiger partial charge on any atom is 0.308 e. The minimum absolute atomic E-state index is 0.0548. The number of phenolic OH excluding ortho intramolecular Hbond substituents is 2. The van der Waals surface area contributed by atoms with Crippen LogP contribution in [0.4, 0.5) is 0 Å². The molecule has 0 aliphatic heterocycles. The van der Waals surface area contributed by atoms with Crippen LogP contribution in [0, 0.1) is 6.92 Å². The van der Waals surface area contributed by atoms with Gasteiger partial charge in [0.15, 0.2) is 11.5 Å². The number of rotatable bonds is 2. The maximum atomic E-state index is 10.9. The Bertz CT molecular complexity index is 422. The van der Waals surface area contributed by atoms with Gasteiger partial charge in [0.2, 0.25) is 0 Å². The van der Waals surface area contributed by atoms with E-state index in [9.17, 15) is 15.0 Å². The van der Waals surface area contributed by atoms with E-state index in [0.717, 1.165) is 0 Å². The minimum atomic E-state index is -0.452. The Morgan fingerprint density at radius 1 is 1.31 bits per heavy atom. The summed E-state index contributed by atoms with van der Waals surface area (Å²) in [6.07, 6.45) is 0. The van der Waals surface area contributed by atoms with Gasteiger partial charge in [0.25, 0.3) is 0 Å². The van der Waals surface area contributed by atoms with Gasteiger partial charge in [-0.1, -0.05) is 13.8 Å².